The number of anilines is 1. The van der Waals surface area contributed by atoms with Gasteiger partial charge in [-0.25, -0.2) is 8.42 Å². The molecular formula is C27H27BrN2O4S. The maximum atomic E-state index is 13.4. The van der Waals surface area contributed by atoms with Gasteiger partial charge in [0.05, 0.1) is 22.4 Å². The molecule has 2 amide bonds. The fraction of sp³-hybridized carbons (Fsp3) is 0.259. The molecule has 182 valence electrons. The molecule has 1 heterocycles. The fourth-order valence-corrected chi connectivity index (χ4v) is 6.54. The van der Waals surface area contributed by atoms with Crippen LogP contribution < -0.4 is 10.2 Å². The molecule has 0 fully saturated rings. The van der Waals surface area contributed by atoms with Gasteiger partial charge in [0.25, 0.3) is 0 Å². The second kappa shape index (κ2) is 10.7. The number of sulfone groups is 1. The zero-order valence-corrected chi connectivity index (χ0v) is 21.8. The first-order valence-electron chi connectivity index (χ1n) is 11.5. The Labute approximate surface area is 214 Å². The number of nitrogens with zero attached hydrogens (tertiary/aromatic N) is 1. The number of hydrogen-bond donors (Lipinski definition) is 1. The van der Waals surface area contributed by atoms with Crippen LogP contribution in [0.4, 0.5) is 5.69 Å². The van der Waals surface area contributed by atoms with Gasteiger partial charge in [0.2, 0.25) is 11.8 Å². The summed E-state index contributed by atoms with van der Waals surface area (Å²) in [6.07, 6.45) is 0.693. The van der Waals surface area contributed by atoms with E-state index in [-0.39, 0.29) is 41.3 Å². The summed E-state index contributed by atoms with van der Waals surface area (Å²) in [5.41, 5.74) is 3.09. The number of benzene rings is 3. The topological polar surface area (TPSA) is 83.6 Å². The molecular weight excluding hydrogens is 528 g/mol. The molecule has 6 nitrogen and oxygen atoms in total. The molecule has 0 aromatic heterocycles. The molecule has 0 radical (unpaired) electrons. The molecule has 4 rings (SSSR count). The third kappa shape index (κ3) is 5.65. The summed E-state index contributed by atoms with van der Waals surface area (Å²) in [5, 5.41) is 3.00. The Kier molecular flexibility index (Phi) is 7.72. The highest BCUT2D eigenvalue weighted by Crippen LogP contribution is 2.38. The minimum atomic E-state index is -3.83. The Hall–Kier alpha value is -2.97. The average Bonchev–Trinajstić information content (AvgIpc) is 3.29. The van der Waals surface area contributed by atoms with Gasteiger partial charge in [0, 0.05) is 23.9 Å². The number of nitrogens with one attached hydrogen (secondary N) is 1. The minimum Gasteiger partial charge on any atom is -0.345 e. The standard InChI is InChI=1S/C27H27BrN2O4S/c1-2-25(32)30-15-13-21-17-22(28)18-23(27(21)30)35(33,34)16-14-24(31)29-26(19-9-5-3-6-10-19)20-11-7-4-8-12-20/h3-12,17-18,26H,2,13-16H2,1H3,(H,29,31). The summed E-state index contributed by atoms with van der Waals surface area (Å²) in [7, 11) is -3.83. The van der Waals surface area contributed by atoms with Crippen molar-refractivity contribution in [3.63, 3.8) is 0 Å². The highest BCUT2D eigenvalue weighted by Gasteiger charge is 2.32. The third-order valence-corrected chi connectivity index (χ3v) is 8.28. The molecule has 3 aromatic rings. The Morgan fingerprint density at radius 3 is 2.17 bits per heavy atom. The Balaban J connectivity index is 1.55. The first kappa shape index (κ1) is 25.1. The summed E-state index contributed by atoms with van der Waals surface area (Å²) < 4.78 is 27.4. The van der Waals surface area contributed by atoms with Gasteiger partial charge in [-0.1, -0.05) is 83.5 Å². The highest BCUT2D eigenvalue weighted by atomic mass is 79.9. The second-order valence-corrected chi connectivity index (χ2v) is 11.4. The van der Waals surface area contributed by atoms with E-state index in [1.165, 1.54) is 6.07 Å². The van der Waals surface area contributed by atoms with Gasteiger partial charge < -0.3 is 10.2 Å². The van der Waals surface area contributed by atoms with Crippen molar-refractivity contribution in [1.29, 1.82) is 0 Å². The summed E-state index contributed by atoms with van der Waals surface area (Å²) in [4.78, 5) is 27.0. The first-order chi connectivity index (χ1) is 16.8. The van der Waals surface area contributed by atoms with E-state index in [0.717, 1.165) is 16.7 Å². The van der Waals surface area contributed by atoms with Crippen LogP contribution in [-0.4, -0.2) is 32.5 Å². The molecule has 1 aliphatic heterocycles. The first-order valence-corrected chi connectivity index (χ1v) is 14.0. The molecule has 0 atom stereocenters. The third-order valence-electron chi connectivity index (χ3n) is 6.10. The predicted molar refractivity (Wildman–Crippen MR) is 140 cm³/mol. The molecule has 0 saturated carbocycles. The summed E-state index contributed by atoms with van der Waals surface area (Å²) in [6.45, 7) is 2.21. The quantitative estimate of drug-likeness (QED) is 0.432. The molecule has 35 heavy (non-hydrogen) atoms. The molecule has 0 aliphatic carbocycles. The van der Waals surface area contributed by atoms with Crippen LogP contribution in [0, 0.1) is 0 Å². The Morgan fingerprint density at radius 1 is 1.00 bits per heavy atom. The molecule has 8 heteroatoms. The van der Waals surface area contributed by atoms with E-state index in [2.05, 4.69) is 21.2 Å². The van der Waals surface area contributed by atoms with Crippen molar-refractivity contribution in [2.75, 3.05) is 17.2 Å². The van der Waals surface area contributed by atoms with Crippen LogP contribution >= 0.6 is 15.9 Å². The molecule has 0 unspecified atom stereocenters. The average molecular weight is 555 g/mol. The van der Waals surface area contributed by atoms with Crippen molar-refractivity contribution < 1.29 is 18.0 Å². The van der Waals surface area contributed by atoms with E-state index in [1.807, 2.05) is 66.7 Å². The van der Waals surface area contributed by atoms with Gasteiger partial charge >= 0.3 is 0 Å². The molecule has 3 aromatic carbocycles. The van der Waals surface area contributed by atoms with Gasteiger partial charge in [-0.15, -0.1) is 0 Å². The van der Waals surface area contributed by atoms with Gasteiger partial charge in [-0.2, -0.15) is 0 Å². The van der Waals surface area contributed by atoms with E-state index in [0.29, 0.717) is 23.1 Å². The van der Waals surface area contributed by atoms with Gasteiger partial charge in [-0.05, 0) is 35.2 Å². The second-order valence-electron chi connectivity index (χ2n) is 8.45. The maximum absolute atomic E-state index is 13.4. The molecule has 0 bridgehead atoms. The van der Waals surface area contributed by atoms with E-state index in [9.17, 15) is 18.0 Å². The zero-order chi connectivity index (χ0) is 25.0. The van der Waals surface area contributed by atoms with Crippen LogP contribution in [0.5, 0.6) is 0 Å². The van der Waals surface area contributed by atoms with Gasteiger partial charge in [0.1, 0.15) is 0 Å². The summed E-state index contributed by atoms with van der Waals surface area (Å²) >= 11 is 3.40. The van der Waals surface area contributed by atoms with Crippen LogP contribution in [0.25, 0.3) is 0 Å². The lowest BCUT2D eigenvalue weighted by Gasteiger charge is -2.21. The number of amides is 2. The normalized spacial score (nSPS) is 13.1. The number of halogens is 1. The van der Waals surface area contributed by atoms with Crippen LogP contribution in [0.3, 0.4) is 0 Å². The van der Waals surface area contributed by atoms with Crippen molar-refractivity contribution in [2.24, 2.45) is 0 Å². The minimum absolute atomic E-state index is 0.0941. The van der Waals surface area contributed by atoms with Crippen molar-refractivity contribution in [3.8, 4) is 0 Å². The number of carbonyl (C=O) groups excluding carboxylic acids is 2. The Morgan fingerprint density at radius 2 is 1.60 bits per heavy atom. The SMILES string of the molecule is CCC(=O)N1CCc2cc(Br)cc(S(=O)(=O)CCC(=O)NC(c3ccccc3)c3ccccc3)c21. The number of hydrogen-bond acceptors (Lipinski definition) is 4. The summed E-state index contributed by atoms with van der Waals surface area (Å²) in [5.74, 6) is -0.833. The van der Waals surface area contributed by atoms with Crippen LogP contribution in [0.1, 0.15) is 42.5 Å². The smallest absolute Gasteiger partial charge is 0.226 e. The monoisotopic (exact) mass is 554 g/mol. The highest BCUT2D eigenvalue weighted by molar-refractivity contribution is 9.10. The van der Waals surface area contributed by atoms with Crippen molar-refractivity contribution in [3.05, 3.63) is 94.0 Å². The molecule has 0 saturated heterocycles. The van der Waals surface area contributed by atoms with E-state index < -0.39 is 9.84 Å². The Bertz CT molecular complexity index is 1290. The summed E-state index contributed by atoms with van der Waals surface area (Å²) in [6, 6.07) is 22.1. The van der Waals surface area contributed by atoms with E-state index in [1.54, 1.807) is 11.8 Å². The lowest BCUT2D eigenvalue weighted by atomic mass is 9.98. The van der Waals surface area contributed by atoms with E-state index in [4.69, 9.17) is 0 Å². The maximum Gasteiger partial charge on any atom is 0.226 e. The lowest BCUT2D eigenvalue weighted by Crippen LogP contribution is -2.31. The van der Waals surface area contributed by atoms with Crippen molar-refractivity contribution >= 4 is 43.3 Å². The van der Waals surface area contributed by atoms with E-state index >= 15 is 0 Å². The van der Waals surface area contributed by atoms with Gasteiger partial charge in [0.15, 0.2) is 9.84 Å². The fourth-order valence-electron chi connectivity index (χ4n) is 4.37. The predicted octanol–water partition coefficient (Wildman–Crippen LogP) is 4.82. The van der Waals surface area contributed by atoms with Gasteiger partial charge in [-0.3, -0.25) is 9.59 Å². The number of rotatable bonds is 8. The molecule has 0 spiro atoms. The lowest BCUT2D eigenvalue weighted by molar-refractivity contribution is -0.121. The zero-order valence-electron chi connectivity index (χ0n) is 19.4. The van der Waals surface area contributed by atoms with Crippen LogP contribution in [0.2, 0.25) is 0 Å². The van der Waals surface area contributed by atoms with Crippen molar-refractivity contribution in [2.45, 2.75) is 37.1 Å². The van der Waals surface area contributed by atoms with Crippen molar-refractivity contribution in [1.82, 2.24) is 5.32 Å². The number of carbonyl (C=O) groups is 2. The molecule has 1 aliphatic rings. The molecule has 1 N–H and O–H groups in total. The van der Waals surface area contributed by atoms with Crippen LogP contribution in [-0.2, 0) is 25.8 Å². The largest absolute Gasteiger partial charge is 0.345 e. The number of fused-ring (bicyclic) bond motifs is 1. The van der Waals surface area contributed by atoms with Crippen LogP contribution in [0.15, 0.2) is 82.2 Å².